The Bertz CT molecular complexity index is 1010. The zero-order valence-electron chi connectivity index (χ0n) is 16.3. The number of aromatic nitrogens is 2. The molecule has 3 heterocycles. The minimum absolute atomic E-state index is 0.156. The first-order chi connectivity index (χ1) is 14.2. The van der Waals surface area contributed by atoms with Crippen LogP contribution in [0, 0.1) is 0 Å². The van der Waals surface area contributed by atoms with E-state index in [-0.39, 0.29) is 5.56 Å². The Labute approximate surface area is 175 Å². The number of halogens is 1. The summed E-state index contributed by atoms with van der Waals surface area (Å²) in [5.41, 5.74) is 1.54. The van der Waals surface area contributed by atoms with Crippen LogP contribution in [-0.2, 0) is 0 Å². The van der Waals surface area contributed by atoms with Gasteiger partial charge >= 0.3 is 0 Å². The number of fused-ring (bicyclic) bond motifs is 1. The normalized spacial score (nSPS) is 15.0. The lowest BCUT2D eigenvalue weighted by Crippen LogP contribution is -2.46. The molecule has 1 N–H and O–H groups in total. The standard InChI is InChI=1S/C22H25ClN4O2/c23-18-5-1-2-6-19(18)27-14-12-26(13-15-27)11-3-4-16-29-21-10-8-17-7-9-20(28)24-22(17)25-21/h1-2,5-10H,3-4,11-16H2,(H,24,25,28). The number of nitrogens with zero attached hydrogens (tertiary/aromatic N) is 3. The molecule has 0 bridgehead atoms. The molecule has 3 aromatic rings. The first-order valence-electron chi connectivity index (χ1n) is 10.0. The van der Waals surface area contributed by atoms with Gasteiger partial charge in [0.05, 0.1) is 17.3 Å². The summed E-state index contributed by atoms with van der Waals surface area (Å²) in [6, 6.07) is 15.1. The van der Waals surface area contributed by atoms with Gasteiger partial charge in [-0.05, 0) is 43.7 Å². The Morgan fingerprint density at radius 3 is 2.62 bits per heavy atom. The van der Waals surface area contributed by atoms with Crippen molar-refractivity contribution in [3.63, 3.8) is 0 Å². The highest BCUT2D eigenvalue weighted by Gasteiger charge is 2.18. The smallest absolute Gasteiger partial charge is 0.249 e. The molecule has 0 spiro atoms. The number of unbranched alkanes of at least 4 members (excludes halogenated alkanes) is 1. The number of benzene rings is 1. The van der Waals surface area contributed by atoms with Gasteiger partial charge in [0.2, 0.25) is 11.4 Å². The van der Waals surface area contributed by atoms with E-state index < -0.39 is 0 Å². The van der Waals surface area contributed by atoms with Crippen LogP contribution in [0.5, 0.6) is 5.88 Å². The molecule has 1 aliphatic rings. The Kier molecular flexibility index (Phi) is 6.32. The van der Waals surface area contributed by atoms with E-state index in [1.807, 2.05) is 30.3 Å². The maximum absolute atomic E-state index is 11.4. The van der Waals surface area contributed by atoms with Crippen LogP contribution in [0.3, 0.4) is 0 Å². The van der Waals surface area contributed by atoms with E-state index in [2.05, 4.69) is 25.8 Å². The molecule has 1 aliphatic heterocycles. The molecule has 0 saturated carbocycles. The minimum atomic E-state index is -0.156. The molecule has 4 rings (SSSR count). The predicted molar refractivity (Wildman–Crippen MR) is 117 cm³/mol. The summed E-state index contributed by atoms with van der Waals surface area (Å²) in [7, 11) is 0. The number of H-pyrrole nitrogens is 1. The van der Waals surface area contributed by atoms with E-state index >= 15 is 0 Å². The van der Waals surface area contributed by atoms with Gasteiger partial charge in [0, 0.05) is 43.7 Å². The van der Waals surface area contributed by atoms with Crippen molar-refractivity contribution in [2.75, 3.05) is 44.2 Å². The topological polar surface area (TPSA) is 61.5 Å². The Hall–Kier alpha value is -2.57. The molecule has 1 aromatic carbocycles. The van der Waals surface area contributed by atoms with Gasteiger partial charge in [0.1, 0.15) is 5.65 Å². The Morgan fingerprint density at radius 1 is 1.00 bits per heavy atom. The van der Waals surface area contributed by atoms with Crippen molar-refractivity contribution in [1.29, 1.82) is 0 Å². The molecular weight excluding hydrogens is 388 g/mol. The number of hydrogen-bond donors (Lipinski definition) is 1. The number of ether oxygens (including phenoxy) is 1. The predicted octanol–water partition coefficient (Wildman–Crippen LogP) is 3.56. The van der Waals surface area contributed by atoms with Crippen LogP contribution < -0.4 is 15.2 Å². The summed E-state index contributed by atoms with van der Waals surface area (Å²) in [5, 5.41) is 1.72. The van der Waals surface area contributed by atoms with Gasteiger partial charge in [-0.15, -0.1) is 0 Å². The molecule has 1 saturated heterocycles. The van der Waals surface area contributed by atoms with E-state index in [1.54, 1.807) is 6.07 Å². The molecule has 152 valence electrons. The average molecular weight is 413 g/mol. The highest BCUT2D eigenvalue weighted by molar-refractivity contribution is 6.33. The summed E-state index contributed by atoms with van der Waals surface area (Å²) in [6.07, 6.45) is 2.05. The third kappa shape index (κ3) is 5.08. The van der Waals surface area contributed by atoms with Crippen LogP contribution in [0.1, 0.15) is 12.8 Å². The van der Waals surface area contributed by atoms with Crippen LogP contribution in [0.2, 0.25) is 5.02 Å². The molecule has 0 aliphatic carbocycles. The first-order valence-corrected chi connectivity index (χ1v) is 10.4. The molecule has 7 heteroatoms. The molecule has 1 fully saturated rings. The maximum atomic E-state index is 11.4. The van der Waals surface area contributed by atoms with Gasteiger partial charge in [-0.25, -0.2) is 0 Å². The zero-order valence-corrected chi connectivity index (χ0v) is 17.1. The van der Waals surface area contributed by atoms with Crippen molar-refractivity contribution in [1.82, 2.24) is 14.9 Å². The summed E-state index contributed by atoms with van der Waals surface area (Å²) in [4.78, 5) is 23.4. The SMILES string of the molecule is O=c1ccc2ccc(OCCCCN3CCN(c4ccccc4Cl)CC3)nc2[nH]1. The van der Waals surface area contributed by atoms with Crippen LogP contribution in [0.4, 0.5) is 5.69 Å². The average Bonchev–Trinajstić information content (AvgIpc) is 2.74. The first kappa shape index (κ1) is 19.7. The summed E-state index contributed by atoms with van der Waals surface area (Å²) < 4.78 is 5.76. The van der Waals surface area contributed by atoms with Crippen molar-refractivity contribution in [2.24, 2.45) is 0 Å². The van der Waals surface area contributed by atoms with E-state index in [1.165, 1.54) is 6.07 Å². The fourth-order valence-corrected chi connectivity index (χ4v) is 3.88. The second-order valence-electron chi connectivity index (χ2n) is 7.25. The van der Waals surface area contributed by atoms with Gasteiger partial charge in [-0.3, -0.25) is 9.69 Å². The quantitative estimate of drug-likeness (QED) is 0.601. The number of aromatic amines is 1. The van der Waals surface area contributed by atoms with E-state index in [4.69, 9.17) is 16.3 Å². The maximum Gasteiger partial charge on any atom is 0.249 e. The number of para-hydroxylation sites is 1. The van der Waals surface area contributed by atoms with Gasteiger partial charge < -0.3 is 14.6 Å². The van der Waals surface area contributed by atoms with Crippen molar-refractivity contribution >= 4 is 28.3 Å². The third-order valence-corrected chi connectivity index (χ3v) is 5.56. The zero-order chi connectivity index (χ0) is 20.1. The van der Waals surface area contributed by atoms with Crippen LogP contribution in [-0.4, -0.2) is 54.2 Å². The van der Waals surface area contributed by atoms with Crippen molar-refractivity contribution in [3.05, 3.63) is 63.9 Å². The van der Waals surface area contributed by atoms with Crippen LogP contribution in [0.25, 0.3) is 11.0 Å². The van der Waals surface area contributed by atoms with Crippen molar-refractivity contribution in [3.8, 4) is 5.88 Å². The molecule has 0 radical (unpaired) electrons. The number of anilines is 1. The van der Waals surface area contributed by atoms with Gasteiger partial charge in [0.25, 0.3) is 0 Å². The number of hydrogen-bond acceptors (Lipinski definition) is 5. The lowest BCUT2D eigenvalue weighted by Gasteiger charge is -2.36. The lowest BCUT2D eigenvalue weighted by atomic mass is 10.2. The Balaban J connectivity index is 1.17. The van der Waals surface area contributed by atoms with E-state index in [0.717, 1.165) is 61.7 Å². The fourth-order valence-electron chi connectivity index (χ4n) is 3.63. The summed E-state index contributed by atoms with van der Waals surface area (Å²) >= 11 is 6.31. The van der Waals surface area contributed by atoms with E-state index in [9.17, 15) is 4.79 Å². The Morgan fingerprint density at radius 2 is 1.79 bits per heavy atom. The van der Waals surface area contributed by atoms with Gasteiger partial charge in [-0.2, -0.15) is 4.98 Å². The van der Waals surface area contributed by atoms with Gasteiger partial charge in [-0.1, -0.05) is 23.7 Å². The molecular formula is C22H25ClN4O2. The second-order valence-corrected chi connectivity index (χ2v) is 7.65. The highest BCUT2D eigenvalue weighted by Crippen LogP contribution is 2.26. The minimum Gasteiger partial charge on any atom is -0.478 e. The molecule has 0 atom stereocenters. The second kappa shape index (κ2) is 9.29. The highest BCUT2D eigenvalue weighted by atomic mass is 35.5. The van der Waals surface area contributed by atoms with Crippen LogP contribution >= 0.6 is 11.6 Å². The summed E-state index contributed by atoms with van der Waals surface area (Å²) in [5.74, 6) is 0.549. The number of nitrogens with one attached hydrogen (secondary N) is 1. The largest absolute Gasteiger partial charge is 0.478 e. The summed E-state index contributed by atoms with van der Waals surface area (Å²) in [6.45, 7) is 5.78. The molecule has 0 amide bonds. The number of rotatable bonds is 7. The fraction of sp³-hybridized carbons (Fsp3) is 0.364. The molecule has 6 nitrogen and oxygen atoms in total. The van der Waals surface area contributed by atoms with Crippen LogP contribution in [0.15, 0.2) is 53.3 Å². The van der Waals surface area contributed by atoms with Crippen molar-refractivity contribution < 1.29 is 4.74 Å². The molecule has 2 aromatic heterocycles. The third-order valence-electron chi connectivity index (χ3n) is 5.24. The lowest BCUT2D eigenvalue weighted by molar-refractivity contribution is 0.237. The molecule has 29 heavy (non-hydrogen) atoms. The number of piperazine rings is 1. The number of pyridine rings is 2. The van der Waals surface area contributed by atoms with Crippen molar-refractivity contribution in [2.45, 2.75) is 12.8 Å². The molecule has 0 unspecified atom stereocenters. The monoisotopic (exact) mass is 412 g/mol. The van der Waals surface area contributed by atoms with Gasteiger partial charge in [0.15, 0.2) is 0 Å². The van der Waals surface area contributed by atoms with E-state index in [0.29, 0.717) is 18.1 Å².